The first-order chi connectivity index (χ1) is 13.5. The Labute approximate surface area is 168 Å². The minimum Gasteiger partial charge on any atom is -0.336 e. The van der Waals surface area contributed by atoms with Crippen molar-refractivity contribution in [2.24, 2.45) is 0 Å². The van der Waals surface area contributed by atoms with Crippen LogP contribution in [0.3, 0.4) is 0 Å². The van der Waals surface area contributed by atoms with Gasteiger partial charge in [-0.25, -0.2) is 4.79 Å². The van der Waals surface area contributed by atoms with Crippen molar-refractivity contribution >= 4 is 23.3 Å². The van der Waals surface area contributed by atoms with Crippen LogP contribution in [-0.4, -0.2) is 51.8 Å². The summed E-state index contributed by atoms with van der Waals surface area (Å²) in [5, 5.41) is 17.9. The summed E-state index contributed by atoms with van der Waals surface area (Å²) in [5.74, 6) is 0.662. The molecule has 2 aromatic carbocycles. The number of hydrogen-bond acceptors (Lipinski definition) is 5. The van der Waals surface area contributed by atoms with Gasteiger partial charge >= 0.3 is 6.03 Å². The lowest BCUT2D eigenvalue weighted by Crippen LogP contribution is -2.37. The number of tetrazole rings is 1. The number of aromatic nitrogens is 4. The highest BCUT2D eigenvalue weighted by atomic mass is 35.5. The molecule has 0 bridgehead atoms. The lowest BCUT2D eigenvalue weighted by Gasteiger charge is -2.26. The first kappa shape index (κ1) is 19.8. The summed E-state index contributed by atoms with van der Waals surface area (Å²) in [7, 11) is 3.90. The van der Waals surface area contributed by atoms with Gasteiger partial charge in [0.1, 0.15) is 0 Å². The van der Waals surface area contributed by atoms with Crippen LogP contribution in [-0.2, 0) is 0 Å². The van der Waals surface area contributed by atoms with Crippen molar-refractivity contribution in [3.8, 4) is 5.69 Å². The highest BCUT2D eigenvalue weighted by molar-refractivity contribution is 6.31. The van der Waals surface area contributed by atoms with Gasteiger partial charge in [0.25, 0.3) is 0 Å². The fraction of sp³-hybridized carbons (Fsp3) is 0.263. The largest absolute Gasteiger partial charge is 0.336 e. The molecule has 2 N–H and O–H groups in total. The second-order valence-electron chi connectivity index (χ2n) is 6.52. The van der Waals surface area contributed by atoms with Gasteiger partial charge < -0.3 is 15.5 Å². The molecule has 1 atom stereocenters. The molecule has 1 heterocycles. The number of rotatable bonds is 6. The fourth-order valence-corrected chi connectivity index (χ4v) is 3.13. The van der Waals surface area contributed by atoms with Crippen LogP contribution in [0.4, 0.5) is 10.5 Å². The highest BCUT2D eigenvalue weighted by Gasteiger charge is 2.18. The number of urea groups is 1. The summed E-state index contributed by atoms with van der Waals surface area (Å²) in [6.07, 6.45) is 0. The van der Waals surface area contributed by atoms with E-state index in [9.17, 15) is 4.79 Å². The summed E-state index contributed by atoms with van der Waals surface area (Å²) < 4.78 is 1.60. The van der Waals surface area contributed by atoms with Crippen LogP contribution in [0.2, 0.25) is 5.02 Å². The summed E-state index contributed by atoms with van der Waals surface area (Å²) in [6.45, 7) is 2.22. The van der Waals surface area contributed by atoms with Crippen LogP contribution in [0.15, 0.2) is 48.5 Å². The Hall–Kier alpha value is -2.97. The molecule has 3 rings (SSSR count). The van der Waals surface area contributed by atoms with Crippen molar-refractivity contribution in [1.29, 1.82) is 0 Å². The SMILES string of the molecule is Cc1nnnn1-c1cccc(NC(=O)NC[C@@H](c2ccccc2Cl)N(C)C)c1. The zero-order valence-electron chi connectivity index (χ0n) is 15.9. The number of benzene rings is 2. The lowest BCUT2D eigenvalue weighted by atomic mass is 10.1. The zero-order valence-corrected chi connectivity index (χ0v) is 16.7. The third kappa shape index (κ3) is 4.65. The second kappa shape index (κ2) is 8.81. The zero-order chi connectivity index (χ0) is 20.1. The average Bonchev–Trinajstić information content (AvgIpc) is 3.09. The van der Waals surface area contributed by atoms with E-state index in [0.29, 0.717) is 23.1 Å². The van der Waals surface area contributed by atoms with Gasteiger partial charge in [0.2, 0.25) is 0 Å². The molecule has 1 aromatic heterocycles. The minimum atomic E-state index is -0.301. The van der Waals surface area contributed by atoms with Crippen LogP contribution < -0.4 is 10.6 Å². The first-order valence-electron chi connectivity index (χ1n) is 8.77. The molecule has 2 amide bonds. The molecule has 0 spiro atoms. The Morgan fingerprint density at radius 3 is 2.68 bits per heavy atom. The molecule has 8 nitrogen and oxygen atoms in total. The standard InChI is InChI=1S/C19H22ClN7O/c1-13-23-24-25-27(13)15-8-6-7-14(11-15)22-19(28)21-12-18(26(2)3)16-9-4-5-10-17(16)20/h4-11,18H,12H2,1-3H3,(H2,21,22,28)/t18-/m0/s1. The molecule has 0 saturated carbocycles. The number of likely N-dealkylation sites (N-methyl/N-ethyl adjacent to an activating group) is 1. The summed E-state index contributed by atoms with van der Waals surface area (Å²) in [4.78, 5) is 14.4. The monoisotopic (exact) mass is 399 g/mol. The third-order valence-corrected chi connectivity index (χ3v) is 4.66. The van der Waals surface area contributed by atoms with Gasteiger partial charge in [-0.2, -0.15) is 4.68 Å². The minimum absolute atomic E-state index is 0.0466. The summed E-state index contributed by atoms with van der Waals surface area (Å²) in [6, 6.07) is 14.6. The number of anilines is 1. The van der Waals surface area contributed by atoms with E-state index in [4.69, 9.17) is 11.6 Å². The molecule has 3 aromatic rings. The molecule has 0 unspecified atom stereocenters. The molecule has 9 heteroatoms. The maximum absolute atomic E-state index is 12.4. The van der Waals surface area contributed by atoms with Crippen molar-refractivity contribution in [3.63, 3.8) is 0 Å². The van der Waals surface area contributed by atoms with E-state index in [-0.39, 0.29) is 12.1 Å². The van der Waals surface area contributed by atoms with E-state index in [1.54, 1.807) is 16.8 Å². The quantitative estimate of drug-likeness (QED) is 0.665. The third-order valence-electron chi connectivity index (χ3n) is 4.32. The van der Waals surface area contributed by atoms with Crippen molar-refractivity contribution < 1.29 is 4.79 Å². The molecule has 0 fully saturated rings. The highest BCUT2D eigenvalue weighted by Crippen LogP contribution is 2.25. The predicted octanol–water partition coefficient (Wildman–Crippen LogP) is 3.05. The molecule has 0 radical (unpaired) electrons. The number of carbonyl (C=O) groups excluding carboxylic acids is 1. The molecule has 28 heavy (non-hydrogen) atoms. The first-order valence-corrected chi connectivity index (χ1v) is 9.14. The number of nitrogens with zero attached hydrogens (tertiary/aromatic N) is 5. The number of nitrogens with one attached hydrogen (secondary N) is 2. The van der Waals surface area contributed by atoms with Crippen LogP contribution in [0.25, 0.3) is 5.69 Å². The van der Waals surface area contributed by atoms with Gasteiger partial charge in [0.15, 0.2) is 5.82 Å². The van der Waals surface area contributed by atoms with Crippen LogP contribution in [0, 0.1) is 6.92 Å². The number of amides is 2. The molecular formula is C19H22ClN7O. The molecule has 0 saturated heterocycles. The van der Waals surface area contributed by atoms with E-state index >= 15 is 0 Å². The normalized spacial score (nSPS) is 12.0. The van der Waals surface area contributed by atoms with Crippen molar-refractivity contribution in [2.75, 3.05) is 26.0 Å². The van der Waals surface area contributed by atoms with Crippen LogP contribution >= 0.6 is 11.6 Å². The number of halogens is 1. The van der Waals surface area contributed by atoms with Gasteiger partial charge in [-0.1, -0.05) is 35.9 Å². The van der Waals surface area contributed by atoms with Crippen LogP contribution in [0.1, 0.15) is 17.4 Å². The van der Waals surface area contributed by atoms with Gasteiger partial charge in [-0.3, -0.25) is 0 Å². The van der Waals surface area contributed by atoms with Crippen molar-refractivity contribution in [3.05, 3.63) is 64.9 Å². The maximum Gasteiger partial charge on any atom is 0.319 e. The Balaban J connectivity index is 1.65. The van der Waals surface area contributed by atoms with Crippen molar-refractivity contribution in [2.45, 2.75) is 13.0 Å². The topological polar surface area (TPSA) is 88.0 Å². The number of hydrogen-bond donors (Lipinski definition) is 2. The van der Waals surface area contributed by atoms with Gasteiger partial charge in [-0.05, 0) is 61.3 Å². The van der Waals surface area contributed by atoms with Gasteiger partial charge in [-0.15, -0.1) is 5.10 Å². The van der Waals surface area contributed by atoms with E-state index in [2.05, 4.69) is 26.2 Å². The summed E-state index contributed by atoms with van der Waals surface area (Å²) in [5.41, 5.74) is 2.37. The Bertz CT molecular complexity index is 957. The molecular weight excluding hydrogens is 378 g/mol. The number of carbonyl (C=O) groups is 1. The van der Waals surface area contributed by atoms with E-state index in [0.717, 1.165) is 11.3 Å². The fourth-order valence-electron chi connectivity index (χ4n) is 2.87. The van der Waals surface area contributed by atoms with Crippen molar-refractivity contribution in [1.82, 2.24) is 30.4 Å². The van der Waals surface area contributed by atoms with Crippen LogP contribution in [0.5, 0.6) is 0 Å². The Morgan fingerprint density at radius 1 is 1.21 bits per heavy atom. The Kier molecular flexibility index (Phi) is 6.23. The summed E-state index contributed by atoms with van der Waals surface area (Å²) >= 11 is 6.31. The number of aryl methyl sites for hydroxylation is 1. The second-order valence-corrected chi connectivity index (χ2v) is 6.93. The maximum atomic E-state index is 12.4. The predicted molar refractivity (Wildman–Crippen MR) is 109 cm³/mol. The smallest absolute Gasteiger partial charge is 0.319 e. The van der Waals surface area contributed by atoms with E-state index in [1.807, 2.05) is 62.3 Å². The molecule has 146 valence electrons. The Morgan fingerprint density at radius 2 is 2.00 bits per heavy atom. The molecule has 0 aliphatic heterocycles. The van der Waals surface area contributed by atoms with Gasteiger partial charge in [0.05, 0.1) is 11.7 Å². The lowest BCUT2D eigenvalue weighted by molar-refractivity contribution is 0.243. The van der Waals surface area contributed by atoms with Gasteiger partial charge in [0, 0.05) is 17.3 Å². The van der Waals surface area contributed by atoms with E-state index < -0.39 is 0 Å². The molecule has 0 aliphatic carbocycles. The average molecular weight is 400 g/mol. The molecule has 0 aliphatic rings. The van der Waals surface area contributed by atoms with E-state index in [1.165, 1.54) is 0 Å².